The maximum Gasteiger partial charge on any atom is 0.251 e. The lowest BCUT2D eigenvalue weighted by molar-refractivity contribution is 0.599. The van der Waals surface area contributed by atoms with Gasteiger partial charge >= 0.3 is 0 Å². The molecule has 0 fully saturated rings. The van der Waals surface area contributed by atoms with Gasteiger partial charge in [-0.1, -0.05) is 35.9 Å². The number of aryl methyl sites for hydroxylation is 2. The first-order valence-corrected chi connectivity index (χ1v) is 7.39. The zero-order chi connectivity index (χ0) is 15.9. The van der Waals surface area contributed by atoms with Crippen LogP contribution >= 0.6 is 11.6 Å². The van der Waals surface area contributed by atoms with E-state index in [-0.39, 0.29) is 12.1 Å². The minimum atomic E-state index is -0.401. The van der Waals surface area contributed by atoms with Crippen LogP contribution in [0.1, 0.15) is 16.7 Å². The average Bonchev–Trinajstić information content (AvgIpc) is 2.46. The van der Waals surface area contributed by atoms with Gasteiger partial charge in [-0.2, -0.15) is 0 Å². The topological polar surface area (TPSA) is 22.0 Å². The van der Waals surface area contributed by atoms with Gasteiger partial charge in [0.2, 0.25) is 0 Å². The quantitative estimate of drug-likeness (QED) is 0.684. The van der Waals surface area contributed by atoms with Crippen molar-refractivity contribution in [3.05, 3.63) is 80.3 Å². The summed E-state index contributed by atoms with van der Waals surface area (Å²) in [6.07, 6.45) is 0. The molecule has 0 aliphatic rings. The summed E-state index contributed by atoms with van der Waals surface area (Å²) in [5.74, 6) is -0.401. The van der Waals surface area contributed by atoms with E-state index in [1.807, 2.05) is 32.0 Å². The van der Waals surface area contributed by atoms with Gasteiger partial charge in [0.05, 0.1) is 12.1 Å². The third kappa shape index (κ3) is 2.42. The number of benzene rings is 2. The average molecular weight is 316 g/mol. The second kappa shape index (κ2) is 5.58. The van der Waals surface area contributed by atoms with Crippen LogP contribution in [0, 0.1) is 19.7 Å². The van der Waals surface area contributed by atoms with E-state index in [0.717, 1.165) is 22.0 Å². The standard InChI is InChI=1S/C18H15ClFNO/c1-11-5-3-6-13-12(2)9-17(22)21(18(11)13)10-14-15(19)7-4-8-16(14)20/h3-9H,10H2,1-2H3. The largest absolute Gasteiger partial charge is 0.303 e. The van der Waals surface area contributed by atoms with Gasteiger partial charge in [0.25, 0.3) is 5.56 Å². The van der Waals surface area contributed by atoms with Crippen LogP contribution in [0.5, 0.6) is 0 Å². The zero-order valence-electron chi connectivity index (χ0n) is 12.4. The highest BCUT2D eigenvalue weighted by Crippen LogP contribution is 2.24. The number of rotatable bonds is 2. The number of hydrogen-bond acceptors (Lipinski definition) is 1. The lowest BCUT2D eigenvalue weighted by Crippen LogP contribution is -2.22. The van der Waals surface area contributed by atoms with Gasteiger partial charge in [0.1, 0.15) is 5.82 Å². The minimum Gasteiger partial charge on any atom is -0.303 e. The molecule has 0 amide bonds. The summed E-state index contributed by atoms with van der Waals surface area (Å²) in [7, 11) is 0. The molecule has 0 bridgehead atoms. The molecule has 0 saturated heterocycles. The third-order valence-electron chi connectivity index (χ3n) is 3.92. The highest BCUT2D eigenvalue weighted by atomic mass is 35.5. The highest BCUT2D eigenvalue weighted by Gasteiger charge is 2.13. The molecule has 0 N–H and O–H groups in total. The number of fused-ring (bicyclic) bond motifs is 1. The van der Waals surface area contributed by atoms with Gasteiger partial charge in [-0.15, -0.1) is 0 Å². The number of hydrogen-bond donors (Lipinski definition) is 0. The Morgan fingerprint density at radius 2 is 1.82 bits per heavy atom. The summed E-state index contributed by atoms with van der Waals surface area (Å²) in [5, 5.41) is 1.32. The first kappa shape index (κ1) is 14.8. The molecule has 1 heterocycles. The highest BCUT2D eigenvalue weighted by molar-refractivity contribution is 6.31. The van der Waals surface area contributed by atoms with Crippen LogP contribution in [0.3, 0.4) is 0 Å². The van der Waals surface area contributed by atoms with Crippen molar-refractivity contribution in [1.29, 1.82) is 0 Å². The van der Waals surface area contributed by atoms with E-state index in [9.17, 15) is 9.18 Å². The summed E-state index contributed by atoms with van der Waals surface area (Å²) in [6, 6.07) is 12.0. The summed E-state index contributed by atoms with van der Waals surface area (Å²) in [5.41, 5.74) is 2.90. The molecule has 3 aromatic rings. The van der Waals surface area contributed by atoms with E-state index in [0.29, 0.717) is 10.6 Å². The molecule has 0 aliphatic carbocycles. The Kier molecular flexibility index (Phi) is 3.75. The second-order valence-corrected chi connectivity index (χ2v) is 5.83. The van der Waals surface area contributed by atoms with Crippen molar-refractivity contribution in [2.45, 2.75) is 20.4 Å². The maximum absolute atomic E-state index is 14.0. The van der Waals surface area contributed by atoms with Crippen LogP contribution in [-0.4, -0.2) is 4.57 Å². The van der Waals surface area contributed by atoms with E-state index in [1.165, 1.54) is 6.07 Å². The van der Waals surface area contributed by atoms with Gasteiger partial charge in [0.15, 0.2) is 0 Å². The molecule has 0 radical (unpaired) electrons. The number of halogens is 2. The molecule has 2 aromatic carbocycles. The number of nitrogens with zero attached hydrogens (tertiary/aromatic N) is 1. The first-order valence-electron chi connectivity index (χ1n) is 7.01. The van der Waals surface area contributed by atoms with E-state index < -0.39 is 5.82 Å². The van der Waals surface area contributed by atoms with Gasteiger partial charge in [-0.05, 0) is 37.1 Å². The van der Waals surface area contributed by atoms with Crippen molar-refractivity contribution >= 4 is 22.5 Å². The molecule has 2 nitrogen and oxygen atoms in total. The van der Waals surface area contributed by atoms with Crippen molar-refractivity contribution in [1.82, 2.24) is 4.57 Å². The SMILES string of the molecule is Cc1cc(=O)n(Cc2c(F)cccc2Cl)c2c(C)cccc12. The van der Waals surface area contributed by atoms with Crippen LogP contribution in [0.2, 0.25) is 5.02 Å². The molecule has 0 saturated carbocycles. The number of pyridine rings is 1. The predicted molar refractivity (Wildman–Crippen MR) is 88.2 cm³/mol. The van der Waals surface area contributed by atoms with Crippen molar-refractivity contribution in [3.63, 3.8) is 0 Å². The zero-order valence-corrected chi connectivity index (χ0v) is 13.1. The van der Waals surface area contributed by atoms with Crippen molar-refractivity contribution in [3.8, 4) is 0 Å². The normalized spacial score (nSPS) is 11.1. The van der Waals surface area contributed by atoms with E-state index in [4.69, 9.17) is 11.6 Å². The number of aromatic nitrogens is 1. The monoisotopic (exact) mass is 315 g/mol. The van der Waals surface area contributed by atoms with Crippen molar-refractivity contribution in [2.24, 2.45) is 0 Å². The molecule has 0 aliphatic heterocycles. The Hall–Kier alpha value is -2.13. The van der Waals surface area contributed by atoms with Crippen molar-refractivity contribution in [2.75, 3.05) is 0 Å². The minimum absolute atomic E-state index is 0.117. The van der Waals surface area contributed by atoms with Gasteiger partial charge in [0, 0.05) is 22.0 Å². The lowest BCUT2D eigenvalue weighted by Gasteiger charge is -2.15. The molecule has 0 atom stereocenters. The van der Waals surface area contributed by atoms with Gasteiger partial charge in [-0.3, -0.25) is 4.79 Å². The Balaban J connectivity index is 2.30. The summed E-state index contributed by atoms with van der Waals surface area (Å²) >= 11 is 6.10. The molecule has 112 valence electrons. The summed E-state index contributed by atoms with van der Waals surface area (Å²) in [4.78, 5) is 12.4. The van der Waals surface area contributed by atoms with E-state index in [2.05, 4.69) is 0 Å². The molecular formula is C18H15ClFNO. The Bertz CT molecular complexity index is 910. The van der Waals surface area contributed by atoms with Gasteiger partial charge < -0.3 is 4.57 Å². The molecule has 0 spiro atoms. The van der Waals surface area contributed by atoms with E-state index >= 15 is 0 Å². The second-order valence-electron chi connectivity index (χ2n) is 5.42. The molecule has 0 unspecified atom stereocenters. The summed E-state index contributed by atoms with van der Waals surface area (Å²) < 4.78 is 15.6. The molecule has 4 heteroatoms. The summed E-state index contributed by atoms with van der Waals surface area (Å²) in [6.45, 7) is 3.97. The Labute approximate surface area is 132 Å². The first-order chi connectivity index (χ1) is 10.5. The molecule has 3 rings (SSSR count). The van der Waals surface area contributed by atoms with E-state index in [1.54, 1.807) is 22.8 Å². The predicted octanol–water partition coefficient (Wildman–Crippen LogP) is 4.46. The van der Waals surface area contributed by atoms with Crippen LogP contribution in [0.25, 0.3) is 10.9 Å². The molecule has 22 heavy (non-hydrogen) atoms. The lowest BCUT2D eigenvalue weighted by atomic mass is 10.1. The fourth-order valence-corrected chi connectivity index (χ4v) is 3.01. The number of para-hydroxylation sites is 1. The Morgan fingerprint density at radius 3 is 2.55 bits per heavy atom. The van der Waals surface area contributed by atoms with Gasteiger partial charge in [-0.25, -0.2) is 4.39 Å². The van der Waals surface area contributed by atoms with Crippen LogP contribution in [0.15, 0.2) is 47.3 Å². The fourth-order valence-electron chi connectivity index (χ4n) is 2.78. The van der Waals surface area contributed by atoms with Crippen LogP contribution < -0.4 is 5.56 Å². The Morgan fingerprint density at radius 1 is 1.09 bits per heavy atom. The van der Waals surface area contributed by atoms with Crippen LogP contribution in [-0.2, 0) is 6.54 Å². The van der Waals surface area contributed by atoms with Crippen LogP contribution in [0.4, 0.5) is 4.39 Å². The molecule has 1 aromatic heterocycles. The van der Waals surface area contributed by atoms with Crippen molar-refractivity contribution < 1.29 is 4.39 Å². The molecular weight excluding hydrogens is 301 g/mol. The fraction of sp³-hybridized carbons (Fsp3) is 0.167. The maximum atomic E-state index is 14.0. The smallest absolute Gasteiger partial charge is 0.251 e. The third-order valence-corrected chi connectivity index (χ3v) is 4.27.